The van der Waals surface area contributed by atoms with Crippen LogP contribution in [-0.2, 0) is 14.8 Å². The van der Waals surface area contributed by atoms with E-state index in [1.54, 1.807) is 0 Å². The molecule has 1 fully saturated rings. The summed E-state index contributed by atoms with van der Waals surface area (Å²) in [5.41, 5.74) is 0.0819. The van der Waals surface area contributed by atoms with E-state index in [2.05, 4.69) is 4.98 Å². The number of carbonyl (C=O) groups is 1. The second kappa shape index (κ2) is 5.07. The van der Waals surface area contributed by atoms with Gasteiger partial charge in [-0.25, -0.2) is 18.5 Å². The van der Waals surface area contributed by atoms with Crippen molar-refractivity contribution in [3.63, 3.8) is 0 Å². The summed E-state index contributed by atoms with van der Waals surface area (Å²) in [4.78, 5) is 17.0. The molecule has 20 heavy (non-hydrogen) atoms. The fourth-order valence-corrected chi connectivity index (χ4v) is 2.74. The van der Waals surface area contributed by atoms with Gasteiger partial charge in [-0.15, -0.1) is 0 Å². The number of nitriles is 1. The van der Waals surface area contributed by atoms with Crippen molar-refractivity contribution in [1.29, 1.82) is 5.26 Å². The second-order valence-corrected chi connectivity index (χ2v) is 6.09. The molecule has 1 aromatic rings. The molecule has 1 amide bonds. The maximum Gasteiger partial charge on any atom is 0.229 e. The Kier molecular flexibility index (Phi) is 3.61. The first-order chi connectivity index (χ1) is 9.38. The first kappa shape index (κ1) is 14.2. The highest BCUT2D eigenvalue weighted by molar-refractivity contribution is 7.89. The van der Waals surface area contributed by atoms with Crippen molar-refractivity contribution in [1.82, 2.24) is 4.98 Å². The molecule has 1 atom stereocenters. The number of hydrogen-bond acceptors (Lipinski definition) is 6. The summed E-state index contributed by atoms with van der Waals surface area (Å²) in [7, 11) is -2.43. The molecule has 0 spiro atoms. The summed E-state index contributed by atoms with van der Waals surface area (Å²) in [6.45, 7) is -0.119. The number of nitrogens with zero attached hydrogens (tertiary/aromatic N) is 3. The van der Waals surface area contributed by atoms with Crippen LogP contribution in [0.1, 0.15) is 12.0 Å². The second-order valence-electron chi connectivity index (χ2n) is 4.24. The third-order valence-corrected chi connectivity index (χ3v) is 4.28. The lowest BCUT2D eigenvalue weighted by Crippen LogP contribution is -2.32. The van der Waals surface area contributed by atoms with E-state index in [-0.39, 0.29) is 30.1 Å². The Morgan fingerprint density at radius 2 is 2.30 bits per heavy atom. The minimum Gasteiger partial charge on any atom is -0.495 e. The van der Waals surface area contributed by atoms with Crippen molar-refractivity contribution in [3.8, 4) is 11.8 Å². The lowest BCUT2D eigenvalue weighted by molar-refractivity contribution is -0.117. The normalized spacial score (nSPS) is 18.9. The van der Waals surface area contributed by atoms with Crippen LogP contribution in [0.5, 0.6) is 5.75 Å². The predicted molar refractivity (Wildman–Crippen MR) is 69.4 cm³/mol. The van der Waals surface area contributed by atoms with Crippen molar-refractivity contribution >= 4 is 21.7 Å². The van der Waals surface area contributed by atoms with Gasteiger partial charge in [0.05, 0.1) is 7.11 Å². The summed E-state index contributed by atoms with van der Waals surface area (Å²) in [6, 6.07) is 3.39. The number of rotatable bonds is 3. The largest absolute Gasteiger partial charge is 0.495 e. The quantitative estimate of drug-likeness (QED) is 0.790. The van der Waals surface area contributed by atoms with Crippen LogP contribution in [0.2, 0.25) is 0 Å². The monoisotopic (exact) mass is 296 g/mol. The molecule has 0 aliphatic carbocycles. The molecule has 0 bridgehead atoms. The van der Waals surface area contributed by atoms with E-state index in [4.69, 9.17) is 15.1 Å². The lowest BCUT2D eigenvalue weighted by Gasteiger charge is -2.17. The number of hydrogen-bond donors (Lipinski definition) is 1. The van der Waals surface area contributed by atoms with Crippen LogP contribution < -0.4 is 14.8 Å². The van der Waals surface area contributed by atoms with Crippen molar-refractivity contribution in [2.75, 3.05) is 18.6 Å². The molecule has 0 aromatic carbocycles. The molecule has 8 nitrogen and oxygen atoms in total. The summed E-state index contributed by atoms with van der Waals surface area (Å²) in [5.74, 6) is -0.0892. The van der Waals surface area contributed by atoms with Crippen molar-refractivity contribution in [3.05, 3.63) is 17.8 Å². The molecule has 9 heteroatoms. The summed E-state index contributed by atoms with van der Waals surface area (Å²) in [5, 5.41) is 13.2. The zero-order chi connectivity index (χ0) is 14.9. The smallest absolute Gasteiger partial charge is 0.229 e. The molecule has 1 aliphatic heterocycles. The van der Waals surface area contributed by atoms with Gasteiger partial charge in [0.25, 0.3) is 0 Å². The van der Waals surface area contributed by atoms with E-state index >= 15 is 0 Å². The molecular formula is C11H12N4O4S. The van der Waals surface area contributed by atoms with Gasteiger partial charge in [0.15, 0.2) is 5.82 Å². The lowest BCUT2D eigenvalue weighted by atomic mass is 10.2. The van der Waals surface area contributed by atoms with Crippen LogP contribution in [0, 0.1) is 11.3 Å². The van der Waals surface area contributed by atoms with Gasteiger partial charge in [-0.05, 0) is 6.07 Å². The maximum absolute atomic E-state index is 11.9. The van der Waals surface area contributed by atoms with Crippen LogP contribution in [0.15, 0.2) is 12.3 Å². The third-order valence-electron chi connectivity index (χ3n) is 3.03. The zero-order valence-electron chi connectivity index (χ0n) is 10.6. The Bertz CT molecular complexity index is 695. The zero-order valence-corrected chi connectivity index (χ0v) is 11.4. The number of aromatic nitrogens is 1. The molecule has 1 aromatic heterocycles. The molecular weight excluding hydrogens is 284 g/mol. The van der Waals surface area contributed by atoms with Gasteiger partial charge in [-0.3, -0.25) is 9.69 Å². The summed E-state index contributed by atoms with van der Waals surface area (Å²) >= 11 is 0. The third kappa shape index (κ3) is 2.43. The number of anilines is 1. The van der Waals surface area contributed by atoms with Crippen LogP contribution >= 0.6 is 0 Å². The average Bonchev–Trinajstić information content (AvgIpc) is 2.79. The SMILES string of the molecule is COc1ccnc(N2CC(S(N)(=O)=O)CC2=O)c1C#N. The molecule has 0 saturated carbocycles. The molecule has 0 radical (unpaired) electrons. The Balaban J connectivity index is 2.44. The number of ether oxygens (including phenoxy) is 1. The van der Waals surface area contributed by atoms with Crippen LogP contribution in [0.3, 0.4) is 0 Å². The van der Waals surface area contributed by atoms with Crippen molar-refractivity contribution in [2.45, 2.75) is 11.7 Å². The Labute approximate surface area is 115 Å². The summed E-state index contributed by atoms with van der Waals surface area (Å²) < 4.78 is 27.7. The van der Waals surface area contributed by atoms with Gasteiger partial charge in [0.1, 0.15) is 22.6 Å². The molecule has 2 heterocycles. The minimum absolute atomic E-state index is 0.0819. The van der Waals surface area contributed by atoms with Gasteiger partial charge < -0.3 is 4.74 Å². The number of primary sulfonamides is 1. The fraction of sp³-hybridized carbons (Fsp3) is 0.364. The van der Waals surface area contributed by atoms with E-state index in [0.717, 1.165) is 4.90 Å². The molecule has 1 saturated heterocycles. The molecule has 1 aliphatic rings. The Morgan fingerprint density at radius 3 is 2.80 bits per heavy atom. The number of amides is 1. The first-order valence-corrected chi connectivity index (χ1v) is 7.24. The molecule has 2 rings (SSSR count). The van der Waals surface area contributed by atoms with Crippen LogP contribution in [-0.4, -0.2) is 38.2 Å². The maximum atomic E-state index is 11.9. The number of sulfonamides is 1. The topological polar surface area (TPSA) is 126 Å². The van der Waals surface area contributed by atoms with E-state index in [9.17, 15) is 13.2 Å². The van der Waals surface area contributed by atoms with E-state index in [1.807, 2.05) is 6.07 Å². The van der Waals surface area contributed by atoms with Gasteiger partial charge in [0, 0.05) is 19.2 Å². The van der Waals surface area contributed by atoms with Gasteiger partial charge in [0.2, 0.25) is 15.9 Å². The van der Waals surface area contributed by atoms with Crippen molar-refractivity contribution < 1.29 is 17.9 Å². The molecule has 2 N–H and O–H groups in total. The standard InChI is InChI=1S/C11H12N4O4S/c1-19-9-2-3-14-11(8(9)5-12)15-6-7(4-10(15)16)20(13,17)18/h2-3,7H,4,6H2,1H3,(H2,13,17,18). The number of pyridine rings is 1. The highest BCUT2D eigenvalue weighted by Gasteiger charge is 2.39. The summed E-state index contributed by atoms with van der Waals surface area (Å²) in [6.07, 6.45) is 1.16. The molecule has 1 unspecified atom stereocenters. The van der Waals surface area contributed by atoms with Crippen LogP contribution in [0.4, 0.5) is 5.82 Å². The minimum atomic E-state index is -3.82. The van der Waals surface area contributed by atoms with E-state index in [0.29, 0.717) is 0 Å². The Hall–Kier alpha value is -2.18. The average molecular weight is 296 g/mol. The van der Waals surface area contributed by atoms with Gasteiger partial charge in [-0.2, -0.15) is 5.26 Å². The van der Waals surface area contributed by atoms with Gasteiger partial charge >= 0.3 is 0 Å². The number of methoxy groups -OCH3 is 1. The number of nitrogens with two attached hydrogens (primary N) is 1. The highest BCUT2D eigenvalue weighted by Crippen LogP contribution is 2.30. The number of carbonyl (C=O) groups excluding carboxylic acids is 1. The van der Waals surface area contributed by atoms with Crippen LogP contribution in [0.25, 0.3) is 0 Å². The fourth-order valence-electron chi connectivity index (χ4n) is 2.01. The van der Waals surface area contributed by atoms with E-state index in [1.165, 1.54) is 19.4 Å². The van der Waals surface area contributed by atoms with Gasteiger partial charge in [-0.1, -0.05) is 0 Å². The van der Waals surface area contributed by atoms with Crippen molar-refractivity contribution in [2.24, 2.45) is 5.14 Å². The Morgan fingerprint density at radius 1 is 1.60 bits per heavy atom. The predicted octanol–water partition coefficient (Wildman–Crippen LogP) is -0.644. The first-order valence-electron chi connectivity index (χ1n) is 5.63. The highest BCUT2D eigenvalue weighted by atomic mass is 32.2. The molecule has 106 valence electrons. The van der Waals surface area contributed by atoms with E-state index < -0.39 is 21.2 Å².